The molecule has 1 amide bonds. The van der Waals surface area contributed by atoms with Crippen LogP contribution in [0.1, 0.15) is 98.5 Å². The number of nitrogens with one attached hydrogen (secondary N) is 1. The average molecular weight is 744 g/mol. The quantitative estimate of drug-likeness (QED) is 0.131. The molecule has 1 unspecified atom stereocenters. The van der Waals surface area contributed by atoms with Gasteiger partial charge < -0.3 is 14.1 Å². The van der Waals surface area contributed by atoms with Crippen LogP contribution in [0.3, 0.4) is 0 Å². The number of hydrogen-bond donors (Lipinski definition) is 2. The van der Waals surface area contributed by atoms with Crippen molar-refractivity contribution in [2.24, 2.45) is 0 Å². The van der Waals surface area contributed by atoms with Gasteiger partial charge in [-0.15, -0.1) is 0 Å². The third-order valence-corrected chi connectivity index (χ3v) is 17.5. The highest BCUT2D eigenvalue weighted by Gasteiger charge is 2.46. The van der Waals surface area contributed by atoms with E-state index in [2.05, 4.69) is 55.5 Å². The van der Waals surface area contributed by atoms with Crippen LogP contribution < -0.4 is 9.62 Å². The molecule has 0 saturated heterocycles. The largest absolute Gasteiger partial charge is 0.443 e. The lowest BCUT2D eigenvalue weighted by Crippen LogP contribution is -2.51. The average Bonchev–Trinajstić information content (AvgIpc) is 3.41. The fraction of sp³-hybridized carbons (Fsp3) is 0.486. The predicted octanol–water partition coefficient (Wildman–Crippen LogP) is 8.91. The van der Waals surface area contributed by atoms with E-state index in [9.17, 15) is 18.3 Å². The lowest BCUT2D eigenvalue weighted by molar-refractivity contribution is 0.0575. The second kappa shape index (κ2) is 15.4. The zero-order valence-electron chi connectivity index (χ0n) is 31.2. The van der Waals surface area contributed by atoms with Crippen molar-refractivity contribution in [1.29, 1.82) is 0 Å². The number of halogens is 2. The molecule has 3 heterocycles. The maximum absolute atomic E-state index is 15.7. The van der Waals surface area contributed by atoms with Crippen molar-refractivity contribution in [2.75, 3.05) is 15.4 Å². The molecule has 1 atom stereocenters. The molecule has 4 aromatic rings. The summed E-state index contributed by atoms with van der Waals surface area (Å²) in [4.78, 5) is 23.7. The summed E-state index contributed by atoms with van der Waals surface area (Å²) < 4.78 is 65.7. The smallest absolute Gasteiger partial charge is 0.416 e. The van der Waals surface area contributed by atoms with Gasteiger partial charge in [0.15, 0.2) is 14.1 Å². The van der Waals surface area contributed by atoms with Crippen LogP contribution in [0, 0.1) is 11.6 Å². The number of hydrogen-bond acceptors (Lipinski definition) is 7. The first-order chi connectivity index (χ1) is 23.7. The fourth-order valence-corrected chi connectivity index (χ4v) is 15.1. The van der Waals surface area contributed by atoms with Gasteiger partial charge in [0.05, 0.1) is 18.0 Å². The Balaban J connectivity index is 1.77. The molecule has 0 aliphatic rings. The van der Waals surface area contributed by atoms with Crippen molar-refractivity contribution in [3.8, 4) is 0 Å². The normalized spacial score (nSPS) is 13.3. The van der Waals surface area contributed by atoms with E-state index in [4.69, 9.17) is 9.72 Å². The van der Waals surface area contributed by atoms with Crippen LogP contribution in [-0.2, 0) is 21.3 Å². The Morgan fingerprint density at radius 1 is 1.02 bits per heavy atom. The summed E-state index contributed by atoms with van der Waals surface area (Å²) in [7, 11) is -6.13. The minimum Gasteiger partial charge on any atom is -0.443 e. The van der Waals surface area contributed by atoms with Crippen LogP contribution in [0.4, 0.5) is 25.1 Å². The maximum Gasteiger partial charge on any atom is 0.416 e. The van der Waals surface area contributed by atoms with E-state index in [0.717, 1.165) is 28.1 Å². The third-order valence-electron chi connectivity index (χ3n) is 9.30. The van der Waals surface area contributed by atoms with Gasteiger partial charge in [-0.05, 0) is 74.1 Å². The van der Waals surface area contributed by atoms with E-state index in [0.29, 0.717) is 34.2 Å². The number of aliphatic hydroxyl groups is 1. The standard InChI is InChI=1S/C37H51F2N5O5SSi/c1-11-19-50(47,48)42-31-16-15-30(38)29(33(31)39)21-43(36(46)49-37(8,9)10)32-17-14-26(20-41-32)34(45)28-22-44(35-27(28)13-12-18-40-35)51(23(2)3,24(4)5)25(6)7/h12-18,20,22-25,34,42,45H,11,19,21H2,1-10H3. The Hall–Kier alpha value is -3.88. The highest BCUT2D eigenvalue weighted by atomic mass is 32.2. The van der Waals surface area contributed by atoms with Crippen molar-refractivity contribution in [1.82, 2.24) is 14.2 Å². The van der Waals surface area contributed by atoms with Crippen LogP contribution in [0.5, 0.6) is 0 Å². The van der Waals surface area contributed by atoms with Crippen LogP contribution in [-0.4, -0.2) is 53.4 Å². The Morgan fingerprint density at radius 2 is 1.67 bits per heavy atom. The van der Waals surface area contributed by atoms with E-state index in [-0.39, 0.29) is 11.6 Å². The van der Waals surface area contributed by atoms with Gasteiger partial charge in [0.1, 0.15) is 29.0 Å². The van der Waals surface area contributed by atoms with E-state index < -0.39 is 65.5 Å². The van der Waals surface area contributed by atoms with Gasteiger partial charge in [-0.3, -0.25) is 9.62 Å². The number of rotatable bonds is 13. The number of carbonyl (C=O) groups is 1. The Morgan fingerprint density at radius 3 is 2.22 bits per heavy atom. The molecule has 3 aromatic heterocycles. The van der Waals surface area contributed by atoms with E-state index in [1.807, 2.05) is 18.3 Å². The first-order valence-corrected chi connectivity index (χ1v) is 21.2. The Kier molecular flexibility index (Phi) is 12.0. The Labute approximate surface area is 301 Å². The van der Waals surface area contributed by atoms with Gasteiger partial charge in [-0.1, -0.05) is 54.5 Å². The van der Waals surface area contributed by atoms with E-state index in [1.165, 1.54) is 12.3 Å². The van der Waals surface area contributed by atoms with Crippen molar-refractivity contribution in [2.45, 2.75) is 111 Å². The van der Waals surface area contributed by atoms with Gasteiger partial charge in [0, 0.05) is 40.7 Å². The highest BCUT2D eigenvalue weighted by Crippen LogP contribution is 2.45. The van der Waals surface area contributed by atoms with E-state index >= 15 is 8.78 Å². The highest BCUT2D eigenvalue weighted by molar-refractivity contribution is 7.92. The lowest BCUT2D eigenvalue weighted by atomic mass is 10.0. The number of fused-ring (bicyclic) bond motifs is 1. The van der Waals surface area contributed by atoms with Crippen LogP contribution in [0.25, 0.3) is 11.0 Å². The van der Waals surface area contributed by atoms with E-state index in [1.54, 1.807) is 40.0 Å². The molecule has 0 saturated carbocycles. The van der Waals surface area contributed by atoms with Crippen LogP contribution in [0.2, 0.25) is 16.6 Å². The second-order valence-corrected chi connectivity index (χ2v) is 22.5. The van der Waals surface area contributed by atoms with Gasteiger partial charge in [0.25, 0.3) is 0 Å². The molecule has 4 rings (SSSR count). The van der Waals surface area contributed by atoms with Crippen LogP contribution in [0.15, 0.2) is 55.0 Å². The number of pyridine rings is 2. The first-order valence-electron chi connectivity index (χ1n) is 17.3. The molecule has 0 aliphatic heterocycles. The summed E-state index contributed by atoms with van der Waals surface area (Å²) in [6.45, 7) is 19.5. The zero-order chi connectivity index (χ0) is 38.1. The number of benzene rings is 1. The third kappa shape index (κ3) is 8.28. The van der Waals surface area contributed by atoms with Gasteiger partial charge >= 0.3 is 6.09 Å². The SMILES string of the molecule is CCCS(=O)(=O)Nc1ccc(F)c(CN(C(=O)OC(C)(C)C)c2ccc(C(O)c3cn([Si](C(C)C)(C(C)C)C(C)C)c4ncccc34)cn2)c1F. The summed E-state index contributed by atoms with van der Waals surface area (Å²) in [5.74, 6) is -2.39. The number of aliphatic hydroxyl groups excluding tert-OH is 1. The number of carbonyl (C=O) groups excluding carboxylic acids is 1. The molecule has 10 nitrogen and oxygen atoms in total. The molecule has 278 valence electrons. The molecule has 14 heteroatoms. The zero-order valence-corrected chi connectivity index (χ0v) is 33.0. The molecular weight excluding hydrogens is 693 g/mol. The minimum absolute atomic E-state index is 0.00547. The van der Waals surface area contributed by atoms with Crippen molar-refractivity contribution >= 4 is 46.9 Å². The maximum atomic E-state index is 15.7. The number of amides is 1. The van der Waals surface area contributed by atoms with Gasteiger partial charge in [0.2, 0.25) is 10.0 Å². The Bertz CT molecular complexity index is 1940. The lowest BCUT2D eigenvalue weighted by Gasteiger charge is -2.44. The summed E-state index contributed by atoms with van der Waals surface area (Å²) in [5.41, 5.74) is 1.11. The number of ether oxygens (including phenoxy) is 1. The molecule has 0 radical (unpaired) electrons. The summed E-state index contributed by atoms with van der Waals surface area (Å²) in [6.07, 6.45) is 3.47. The molecule has 2 N–H and O–H groups in total. The second-order valence-electron chi connectivity index (χ2n) is 14.9. The molecule has 0 fully saturated rings. The number of aromatic nitrogens is 3. The predicted molar refractivity (Wildman–Crippen MR) is 201 cm³/mol. The summed E-state index contributed by atoms with van der Waals surface area (Å²) >= 11 is 0. The summed E-state index contributed by atoms with van der Waals surface area (Å²) in [5, 5.41) is 12.6. The van der Waals surface area contributed by atoms with Crippen molar-refractivity contribution < 1.29 is 31.8 Å². The number of nitrogens with zero attached hydrogens (tertiary/aromatic N) is 4. The molecular formula is C37H51F2N5O5SSi. The fourth-order valence-electron chi connectivity index (χ4n) is 7.35. The minimum atomic E-state index is -3.88. The molecule has 51 heavy (non-hydrogen) atoms. The molecule has 1 aromatic carbocycles. The molecule has 0 spiro atoms. The van der Waals surface area contributed by atoms with Crippen molar-refractivity contribution in [3.63, 3.8) is 0 Å². The van der Waals surface area contributed by atoms with Crippen molar-refractivity contribution in [3.05, 3.63) is 83.3 Å². The molecule has 0 aliphatic carbocycles. The topological polar surface area (TPSA) is 127 Å². The summed E-state index contributed by atoms with van der Waals surface area (Å²) in [6, 6.07) is 8.79. The first kappa shape index (κ1) is 39.9. The number of sulfonamides is 1. The van der Waals surface area contributed by atoms with Crippen LogP contribution >= 0.6 is 0 Å². The number of anilines is 2. The van der Waals surface area contributed by atoms with Gasteiger partial charge in [-0.25, -0.2) is 32.0 Å². The molecule has 0 bridgehead atoms. The van der Waals surface area contributed by atoms with Gasteiger partial charge in [-0.2, -0.15) is 0 Å². The monoisotopic (exact) mass is 743 g/mol.